The Morgan fingerprint density at radius 3 is 1.20 bits per heavy atom. The van der Waals surface area contributed by atoms with E-state index < -0.39 is 0 Å². The third-order valence-corrected chi connectivity index (χ3v) is 2.39. The molecule has 0 spiro atoms. The van der Waals surface area contributed by atoms with Gasteiger partial charge in [0.2, 0.25) is 0 Å². The second kappa shape index (κ2) is 6.77. The van der Waals surface area contributed by atoms with Crippen molar-refractivity contribution in [3.05, 3.63) is 71.8 Å². The molecule has 2 aromatic rings. The summed E-state index contributed by atoms with van der Waals surface area (Å²) in [6.07, 6.45) is 2.26. The summed E-state index contributed by atoms with van der Waals surface area (Å²) < 4.78 is 0. The summed E-state index contributed by atoms with van der Waals surface area (Å²) >= 11 is 0. The Balaban J connectivity index is 0.00000112. The Kier molecular flexibility index (Phi) is 5.61. The molecule has 0 N–H and O–H groups in total. The minimum Gasteiger partial charge on any atom is -0.0622 e. The van der Waals surface area contributed by atoms with Gasteiger partial charge in [0.25, 0.3) is 0 Å². The summed E-state index contributed by atoms with van der Waals surface area (Å²) in [7, 11) is 0. The molecule has 1 heteroatoms. The summed E-state index contributed by atoms with van der Waals surface area (Å²) in [6.45, 7) is 0. The van der Waals surface area contributed by atoms with Crippen molar-refractivity contribution in [1.29, 1.82) is 0 Å². The maximum Gasteiger partial charge on any atom is 0 e. The van der Waals surface area contributed by atoms with Crippen LogP contribution in [0, 0.1) is 0 Å². The fourth-order valence-electron chi connectivity index (χ4n) is 1.58. The van der Waals surface area contributed by atoms with Gasteiger partial charge in [0, 0.05) is 27.3 Å². The van der Waals surface area contributed by atoms with Gasteiger partial charge in [0.1, 0.15) is 0 Å². The van der Waals surface area contributed by atoms with E-state index in [0.717, 1.165) is 12.8 Å². The number of hydrogen-bond donors (Lipinski definition) is 0. The molecule has 2 aromatic carbocycles. The molecule has 0 aliphatic rings. The van der Waals surface area contributed by atoms with Crippen LogP contribution in [0.1, 0.15) is 11.1 Å². The summed E-state index contributed by atoms with van der Waals surface area (Å²) in [5.74, 6) is 0. The molecular formula is C14H14Cd. The van der Waals surface area contributed by atoms with Crippen LogP contribution in [0.5, 0.6) is 0 Å². The van der Waals surface area contributed by atoms with Gasteiger partial charge in [0.15, 0.2) is 0 Å². The van der Waals surface area contributed by atoms with E-state index in [-0.39, 0.29) is 27.3 Å². The maximum absolute atomic E-state index is 2.18. The van der Waals surface area contributed by atoms with Crippen LogP contribution in [0.2, 0.25) is 0 Å². The van der Waals surface area contributed by atoms with E-state index in [1.807, 2.05) is 0 Å². The number of hydrogen-bond acceptors (Lipinski definition) is 0. The first-order chi connectivity index (χ1) is 6.95. The largest absolute Gasteiger partial charge is 0.0622 e. The Morgan fingerprint density at radius 1 is 0.533 bits per heavy atom. The van der Waals surface area contributed by atoms with Crippen molar-refractivity contribution < 1.29 is 27.3 Å². The molecule has 0 heterocycles. The molecule has 0 atom stereocenters. The first-order valence-electron chi connectivity index (χ1n) is 5.03. The fraction of sp³-hybridized carbons (Fsp3) is 0.143. The molecule has 0 saturated carbocycles. The van der Waals surface area contributed by atoms with Gasteiger partial charge >= 0.3 is 0 Å². The van der Waals surface area contributed by atoms with Crippen molar-refractivity contribution in [1.82, 2.24) is 0 Å². The van der Waals surface area contributed by atoms with Crippen LogP contribution in [-0.2, 0) is 40.1 Å². The van der Waals surface area contributed by atoms with Crippen molar-refractivity contribution in [2.24, 2.45) is 0 Å². The van der Waals surface area contributed by atoms with E-state index >= 15 is 0 Å². The predicted molar refractivity (Wildman–Crippen MR) is 60.3 cm³/mol. The minimum absolute atomic E-state index is 0. The molecule has 0 amide bonds. The first kappa shape index (κ1) is 12.4. The number of aryl methyl sites for hydroxylation is 2. The smallest absolute Gasteiger partial charge is 0 e. The van der Waals surface area contributed by atoms with Crippen molar-refractivity contribution in [3.63, 3.8) is 0 Å². The van der Waals surface area contributed by atoms with E-state index in [1.54, 1.807) is 0 Å². The predicted octanol–water partition coefficient (Wildman–Crippen LogP) is 3.47. The summed E-state index contributed by atoms with van der Waals surface area (Å²) in [6, 6.07) is 21.2. The molecule has 0 bridgehead atoms. The second-order valence-corrected chi connectivity index (χ2v) is 3.47. The molecule has 0 aromatic heterocycles. The summed E-state index contributed by atoms with van der Waals surface area (Å²) in [5.41, 5.74) is 2.83. The van der Waals surface area contributed by atoms with Gasteiger partial charge in [-0.05, 0) is 24.0 Å². The van der Waals surface area contributed by atoms with Crippen LogP contribution in [0.4, 0.5) is 0 Å². The molecular weight excluding hydrogens is 281 g/mol. The Morgan fingerprint density at radius 2 is 0.867 bits per heavy atom. The molecule has 0 radical (unpaired) electrons. The van der Waals surface area contributed by atoms with Crippen LogP contribution in [0.3, 0.4) is 0 Å². The molecule has 72 valence electrons. The van der Waals surface area contributed by atoms with Gasteiger partial charge in [-0.2, -0.15) is 0 Å². The molecule has 0 aliphatic heterocycles. The standard InChI is InChI=1S/C14H14.Cd/c1-3-7-13(8-4-1)11-12-14-9-5-2-6-10-14;/h1-10H,11-12H2;. The average Bonchev–Trinajstić information content (AvgIpc) is 2.29. The third-order valence-electron chi connectivity index (χ3n) is 2.39. The molecule has 0 unspecified atom stereocenters. The molecule has 0 aliphatic carbocycles. The van der Waals surface area contributed by atoms with Crippen LogP contribution >= 0.6 is 0 Å². The Bertz CT molecular complexity index is 328. The normalized spacial score (nSPS) is 9.33. The molecule has 0 saturated heterocycles. The van der Waals surface area contributed by atoms with Gasteiger partial charge in [0.05, 0.1) is 0 Å². The zero-order chi connectivity index (χ0) is 9.64. The van der Waals surface area contributed by atoms with Gasteiger partial charge in [-0.25, -0.2) is 0 Å². The average molecular weight is 295 g/mol. The van der Waals surface area contributed by atoms with Crippen molar-refractivity contribution in [2.45, 2.75) is 12.8 Å². The van der Waals surface area contributed by atoms with Crippen LogP contribution < -0.4 is 0 Å². The maximum atomic E-state index is 2.18. The molecule has 0 nitrogen and oxygen atoms in total. The van der Waals surface area contributed by atoms with E-state index in [2.05, 4.69) is 60.7 Å². The van der Waals surface area contributed by atoms with Gasteiger partial charge in [-0.1, -0.05) is 60.7 Å². The SMILES string of the molecule is [Cd].c1ccc(CCc2ccccc2)cc1. The Hall–Kier alpha value is -0.638. The minimum atomic E-state index is 0. The monoisotopic (exact) mass is 296 g/mol. The molecule has 2 rings (SSSR count). The first-order valence-corrected chi connectivity index (χ1v) is 5.03. The van der Waals surface area contributed by atoms with Crippen molar-refractivity contribution in [3.8, 4) is 0 Å². The molecule has 0 fully saturated rings. The molecule has 15 heavy (non-hydrogen) atoms. The number of benzene rings is 2. The summed E-state index contributed by atoms with van der Waals surface area (Å²) in [5, 5.41) is 0. The fourth-order valence-corrected chi connectivity index (χ4v) is 1.58. The number of rotatable bonds is 3. The van der Waals surface area contributed by atoms with E-state index in [0.29, 0.717) is 0 Å². The van der Waals surface area contributed by atoms with Gasteiger partial charge in [-0.3, -0.25) is 0 Å². The zero-order valence-corrected chi connectivity index (χ0v) is 12.9. The van der Waals surface area contributed by atoms with E-state index in [9.17, 15) is 0 Å². The van der Waals surface area contributed by atoms with Crippen molar-refractivity contribution in [2.75, 3.05) is 0 Å². The van der Waals surface area contributed by atoms with E-state index in [1.165, 1.54) is 11.1 Å². The van der Waals surface area contributed by atoms with Crippen LogP contribution in [0.15, 0.2) is 60.7 Å². The summed E-state index contributed by atoms with van der Waals surface area (Å²) in [4.78, 5) is 0. The quantitative estimate of drug-likeness (QED) is 0.761. The van der Waals surface area contributed by atoms with Crippen LogP contribution in [-0.4, -0.2) is 0 Å². The van der Waals surface area contributed by atoms with Crippen molar-refractivity contribution >= 4 is 0 Å². The second-order valence-electron chi connectivity index (χ2n) is 3.47. The van der Waals surface area contributed by atoms with E-state index in [4.69, 9.17) is 0 Å². The third kappa shape index (κ3) is 4.16. The zero-order valence-electron chi connectivity index (χ0n) is 8.89. The van der Waals surface area contributed by atoms with Gasteiger partial charge < -0.3 is 0 Å². The topological polar surface area (TPSA) is 0 Å². The van der Waals surface area contributed by atoms with Crippen LogP contribution in [0.25, 0.3) is 0 Å². The van der Waals surface area contributed by atoms with Gasteiger partial charge in [-0.15, -0.1) is 0 Å². The Labute approximate surface area is 112 Å².